The van der Waals surface area contributed by atoms with E-state index < -0.39 is 7.92 Å². The Morgan fingerprint density at radius 1 is 0.525 bits per heavy atom. The predicted molar refractivity (Wildman–Crippen MR) is 177 cm³/mol. The zero-order valence-corrected chi connectivity index (χ0v) is 28.1. The average molecular weight is 640 g/mol. The SMILES string of the molecule is CCCCc1cccc(P(c2cccc(CCCC)c2CCCC)[c-]2cccc2)c1CCCC.[Ru].[cH-]1[cH-][cH-][cH-][cH-]1. The summed E-state index contributed by atoms with van der Waals surface area (Å²) in [5.74, 6) is 0. The molecule has 40 heavy (non-hydrogen) atoms. The van der Waals surface area contributed by atoms with Crippen LogP contribution in [0.2, 0.25) is 0 Å². The molecule has 0 aliphatic heterocycles. The van der Waals surface area contributed by atoms with Crippen molar-refractivity contribution < 1.29 is 19.5 Å². The van der Waals surface area contributed by atoms with Crippen LogP contribution < -0.4 is 15.9 Å². The molecule has 0 N–H and O–H groups in total. The van der Waals surface area contributed by atoms with E-state index in [0.29, 0.717) is 0 Å². The molecule has 0 fully saturated rings. The van der Waals surface area contributed by atoms with E-state index in [2.05, 4.69) is 88.4 Å². The molecular weight excluding hydrogens is 588 g/mol. The van der Waals surface area contributed by atoms with Crippen LogP contribution in [-0.2, 0) is 45.2 Å². The minimum absolute atomic E-state index is 0. The maximum absolute atomic E-state index is 2.47. The maximum atomic E-state index is 2.47. The molecule has 0 atom stereocenters. The molecule has 0 spiro atoms. The van der Waals surface area contributed by atoms with Crippen LogP contribution in [0.3, 0.4) is 0 Å². The van der Waals surface area contributed by atoms with Gasteiger partial charge in [0, 0.05) is 19.5 Å². The third-order valence-corrected chi connectivity index (χ3v) is 10.2. The largest absolute Gasteiger partial charge is 0.748 e. The molecule has 0 heterocycles. The van der Waals surface area contributed by atoms with Crippen LogP contribution in [0, 0.1) is 0 Å². The summed E-state index contributed by atoms with van der Waals surface area (Å²) in [6, 6.07) is 33.7. The fraction of sp³-hybridized carbons (Fsp3) is 0.421. The van der Waals surface area contributed by atoms with Gasteiger partial charge in [0.15, 0.2) is 0 Å². The van der Waals surface area contributed by atoms with Crippen molar-refractivity contribution in [1.29, 1.82) is 0 Å². The van der Waals surface area contributed by atoms with Gasteiger partial charge in [0.2, 0.25) is 0 Å². The minimum Gasteiger partial charge on any atom is -0.748 e. The Kier molecular flexibility index (Phi) is 17.3. The Morgan fingerprint density at radius 3 is 1.27 bits per heavy atom. The topological polar surface area (TPSA) is 0 Å². The summed E-state index contributed by atoms with van der Waals surface area (Å²) in [7, 11) is -0.546. The standard InChI is InChI=1S/C33H46P.C5H5.Ru/c1-5-9-17-27-19-15-25-32(30(27)23-11-7-3)34(29-21-13-14-22-29)33-26-16-20-28(18-10-6-2)31(33)24-12-8-4;1-2-4-5-3-1;/h13-16,19-22,25-26H,5-12,17-18,23-24H2,1-4H3;1-5H;/q-1;-5;. The number of hydrogen-bond acceptors (Lipinski definition) is 0. The number of aryl methyl sites for hydroxylation is 2. The van der Waals surface area contributed by atoms with Crippen LogP contribution in [0.1, 0.15) is 101 Å². The van der Waals surface area contributed by atoms with Crippen LogP contribution in [0.15, 0.2) is 91.0 Å². The zero-order valence-electron chi connectivity index (χ0n) is 25.4. The summed E-state index contributed by atoms with van der Waals surface area (Å²) in [5.41, 5.74) is 6.52. The van der Waals surface area contributed by atoms with Crippen molar-refractivity contribution in [3.05, 3.63) is 113 Å². The molecule has 0 unspecified atom stereocenters. The fourth-order valence-electron chi connectivity index (χ4n) is 5.39. The molecule has 0 aliphatic carbocycles. The van der Waals surface area contributed by atoms with Crippen molar-refractivity contribution in [3.63, 3.8) is 0 Å². The predicted octanol–water partition coefficient (Wildman–Crippen LogP) is 9.94. The normalized spacial score (nSPS) is 10.7. The first-order valence-electron chi connectivity index (χ1n) is 15.6. The van der Waals surface area contributed by atoms with E-state index in [9.17, 15) is 0 Å². The van der Waals surface area contributed by atoms with Gasteiger partial charge < -0.3 is 30.3 Å². The second-order valence-electron chi connectivity index (χ2n) is 10.7. The molecule has 0 saturated carbocycles. The van der Waals surface area contributed by atoms with Gasteiger partial charge >= 0.3 is 0 Å². The van der Waals surface area contributed by atoms with Gasteiger partial charge in [-0.1, -0.05) is 97.7 Å². The van der Waals surface area contributed by atoms with Crippen LogP contribution in [0.4, 0.5) is 0 Å². The minimum atomic E-state index is -0.546. The molecule has 4 aromatic rings. The third-order valence-electron chi connectivity index (χ3n) is 7.60. The van der Waals surface area contributed by atoms with Gasteiger partial charge in [0.1, 0.15) is 0 Å². The molecule has 0 aliphatic rings. The zero-order chi connectivity index (χ0) is 27.7. The van der Waals surface area contributed by atoms with Gasteiger partial charge in [0.05, 0.1) is 0 Å². The first-order valence-corrected chi connectivity index (χ1v) is 17.0. The van der Waals surface area contributed by atoms with Crippen LogP contribution in [0.5, 0.6) is 0 Å². The second kappa shape index (κ2) is 20.1. The molecule has 0 nitrogen and oxygen atoms in total. The summed E-state index contributed by atoms with van der Waals surface area (Å²) in [4.78, 5) is 0. The van der Waals surface area contributed by atoms with Crippen molar-refractivity contribution in [2.75, 3.05) is 0 Å². The van der Waals surface area contributed by atoms with Crippen LogP contribution in [-0.4, -0.2) is 0 Å². The van der Waals surface area contributed by atoms with Gasteiger partial charge in [-0.15, -0.1) is 5.30 Å². The monoisotopic (exact) mass is 640 g/mol. The Morgan fingerprint density at radius 2 is 0.900 bits per heavy atom. The van der Waals surface area contributed by atoms with Crippen molar-refractivity contribution in [2.45, 2.75) is 105 Å². The Bertz CT molecular complexity index is 1080. The maximum Gasteiger partial charge on any atom is 0 e. The number of benzene rings is 2. The van der Waals surface area contributed by atoms with Crippen molar-refractivity contribution in [1.82, 2.24) is 0 Å². The van der Waals surface area contributed by atoms with Crippen molar-refractivity contribution >= 4 is 23.8 Å². The van der Waals surface area contributed by atoms with Crippen molar-refractivity contribution in [2.24, 2.45) is 0 Å². The first-order chi connectivity index (χ1) is 19.2. The molecule has 2 heteroatoms. The average Bonchev–Trinajstić information content (AvgIpc) is 3.72. The molecule has 0 aromatic heterocycles. The van der Waals surface area contributed by atoms with Crippen molar-refractivity contribution in [3.8, 4) is 0 Å². The second-order valence-corrected chi connectivity index (χ2v) is 12.8. The van der Waals surface area contributed by atoms with Gasteiger partial charge in [-0.3, -0.25) is 0 Å². The Hall–Kier alpha value is -1.81. The van der Waals surface area contributed by atoms with E-state index in [1.165, 1.54) is 82.4 Å². The van der Waals surface area contributed by atoms with Crippen LogP contribution >= 0.6 is 7.92 Å². The van der Waals surface area contributed by atoms with E-state index in [0.717, 1.165) is 0 Å². The van der Waals surface area contributed by atoms with Gasteiger partial charge in [-0.2, -0.15) is 12.1 Å². The summed E-state index contributed by atoms with van der Waals surface area (Å²) in [6.07, 6.45) is 15.0. The molecule has 0 saturated heterocycles. The molecular formula is C38H51PRu-6. The summed E-state index contributed by atoms with van der Waals surface area (Å²) < 4.78 is 0. The number of hydrogen-bond donors (Lipinski definition) is 0. The molecule has 0 radical (unpaired) electrons. The van der Waals surface area contributed by atoms with E-state index >= 15 is 0 Å². The van der Waals surface area contributed by atoms with Gasteiger partial charge in [0.25, 0.3) is 0 Å². The fourth-order valence-corrected chi connectivity index (χ4v) is 8.20. The number of unbranched alkanes of at least 4 members (excludes halogenated alkanes) is 4. The van der Waals surface area contributed by atoms with E-state index in [4.69, 9.17) is 0 Å². The quantitative estimate of drug-likeness (QED) is 0.0690. The van der Waals surface area contributed by atoms with Crippen LogP contribution in [0.25, 0.3) is 0 Å². The summed E-state index contributed by atoms with van der Waals surface area (Å²) in [6.45, 7) is 9.28. The molecule has 4 rings (SSSR count). The smallest absolute Gasteiger partial charge is 0 e. The van der Waals surface area contributed by atoms with Gasteiger partial charge in [-0.05, 0) is 84.2 Å². The molecule has 222 valence electrons. The van der Waals surface area contributed by atoms with E-state index in [-0.39, 0.29) is 19.5 Å². The summed E-state index contributed by atoms with van der Waals surface area (Å²) >= 11 is 0. The molecule has 0 bridgehead atoms. The number of rotatable bonds is 15. The first kappa shape index (κ1) is 34.4. The molecule has 0 amide bonds. The Labute approximate surface area is 260 Å². The van der Waals surface area contributed by atoms with E-state index in [1.54, 1.807) is 32.9 Å². The Balaban J connectivity index is 0.000000840. The third kappa shape index (κ3) is 10.2. The van der Waals surface area contributed by atoms with Gasteiger partial charge in [-0.25, -0.2) is 12.1 Å². The van der Waals surface area contributed by atoms with E-state index in [1.807, 2.05) is 30.3 Å². The molecule has 4 aromatic carbocycles. The summed E-state index contributed by atoms with van der Waals surface area (Å²) in [5, 5.41) is 4.76.